The van der Waals surface area contributed by atoms with Crippen LogP contribution in [-0.4, -0.2) is 47.4 Å². The number of hydrogen-bond acceptors (Lipinski definition) is 5. The number of esters is 1. The van der Waals surface area contributed by atoms with Crippen LogP contribution >= 0.6 is 0 Å². The molecule has 0 aromatic rings. The third-order valence-corrected chi connectivity index (χ3v) is 15.0. The van der Waals surface area contributed by atoms with E-state index in [1.807, 2.05) is 6.08 Å². The quantitative estimate of drug-likeness (QED) is 0.0320. The van der Waals surface area contributed by atoms with Gasteiger partial charge in [0.1, 0.15) is 0 Å². The number of nitrogens with one attached hydrogen (secondary N) is 1. The zero-order valence-corrected chi connectivity index (χ0v) is 48.0. The molecule has 0 aliphatic heterocycles. The molecule has 0 radical (unpaired) electrons. The Kier molecular flexibility index (Phi) is 59.5. The third kappa shape index (κ3) is 57.5. The van der Waals surface area contributed by atoms with E-state index in [-0.39, 0.29) is 18.5 Å². The monoisotopic (exact) mass is 1000 g/mol. The first-order valence-electron chi connectivity index (χ1n) is 32.1. The van der Waals surface area contributed by atoms with Gasteiger partial charge in [-0.15, -0.1) is 0 Å². The van der Waals surface area contributed by atoms with Crippen LogP contribution in [0.25, 0.3) is 0 Å². The van der Waals surface area contributed by atoms with Gasteiger partial charge in [-0.3, -0.25) is 9.59 Å². The van der Waals surface area contributed by atoms with Crippen molar-refractivity contribution in [2.75, 3.05) is 13.2 Å². The summed E-state index contributed by atoms with van der Waals surface area (Å²) in [5.74, 6) is -0.0768. The van der Waals surface area contributed by atoms with Crippen molar-refractivity contribution in [1.82, 2.24) is 5.32 Å². The number of rotatable bonds is 60. The van der Waals surface area contributed by atoms with E-state index in [0.717, 1.165) is 57.8 Å². The van der Waals surface area contributed by atoms with E-state index >= 15 is 0 Å². The molecule has 3 N–H and O–H groups in total. The second kappa shape index (κ2) is 60.9. The van der Waals surface area contributed by atoms with Gasteiger partial charge in [-0.25, -0.2) is 0 Å². The van der Waals surface area contributed by atoms with E-state index in [0.29, 0.717) is 19.4 Å². The first-order valence-corrected chi connectivity index (χ1v) is 32.1. The Hall–Kier alpha value is -1.66. The molecule has 6 heteroatoms. The van der Waals surface area contributed by atoms with Crippen molar-refractivity contribution in [3.8, 4) is 0 Å². The van der Waals surface area contributed by atoms with Gasteiger partial charge >= 0.3 is 5.97 Å². The van der Waals surface area contributed by atoms with Crippen LogP contribution in [0.5, 0.6) is 0 Å². The number of carbonyl (C=O) groups is 2. The molecule has 0 spiro atoms. The molecule has 0 fully saturated rings. The maximum atomic E-state index is 12.5. The highest BCUT2D eigenvalue weighted by Crippen LogP contribution is 2.18. The van der Waals surface area contributed by atoms with Crippen molar-refractivity contribution in [2.24, 2.45) is 0 Å². The molecule has 0 heterocycles. The van der Waals surface area contributed by atoms with Crippen LogP contribution in [-0.2, 0) is 14.3 Å². The molecule has 0 rings (SSSR count). The molecule has 0 saturated heterocycles. The van der Waals surface area contributed by atoms with Crippen molar-refractivity contribution in [2.45, 2.75) is 366 Å². The van der Waals surface area contributed by atoms with Crippen molar-refractivity contribution < 1.29 is 24.5 Å². The Balaban J connectivity index is 3.48. The fraction of sp³-hybridized carbons (Fsp3) is 0.908. The molecular weight excluding hydrogens is 875 g/mol. The Morgan fingerprint density at radius 2 is 0.662 bits per heavy atom. The number of amides is 1. The fourth-order valence-corrected chi connectivity index (χ4v) is 10.0. The van der Waals surface area contributed by atoms with E-state index in [9.17, 15) is 19.8 Å². The highest BCUT2D eigenvalue weighted by molar-refractivity contribution is 5.76. The van der Waals surface area contributed by atoms with Gasteiger partial charge in [-0.1, -0.05) is 308 Å². The zero-order chi connectivity index (χ0) is 51.4. The molecule has 420 valence electrons. The number of aliphatic hydroxyl groups is 2. The van der Waals surface area contributed by atoms with Crippen LogP contribution in [0, 0.1) is 0 Å². The first-order chi connectivity index (χ1) is 35.0. The maximum Gasteiger partial charge on any atom is 0.305 e. The van der Waals surface area contributed by atoms with Gasteiger partial charge in [0.25, 0.3) is 0 Å². The summed E-state index contributed by atoms with van der Waals surface area (Å²) in [6.45, 7) is 4.91. The number of unbranched alkanes of at least 4 members (excludes halogenated alkanes) is 47. The second-order valence-corrected chi connectivity index (χ2v) is 22.1. The summed E-state index contributed by atoms with van der Waals surface area (Å²) in [5, 5.41) is 23.2. The summed E-state index contributed by atoms with van der Waals surface area (Å²) in [6.07, 6.45) is 75.1. The Bertz CT molecular complexity index is 1110. The lowest BCUT2D eigenvalue weighted by Gasteiger charge is -2.20. The number of carbonyl (C=O) groups excluding carboxylic acids is 2. The molecular formula is C65H125NO5. The summed E-state index contributed by atoms with van der Waals surface area (Å²) in [7, 11) is 0. The van der Waals surface area contributed by atoms with Crippen molar-refractivity contribution in [3.63, 3.8) is 0 Å². The van der Waals surface area contributed by atoms with E-state index in [1.54, 1.807) is 6.08 Å². The average Bonchev–Trinajstić information content (AvgIpc) is 3.37. The molecule has 0 aliphatic carbocycles. The lowest BCUT2D eigenvalue weighted by Crippen LogP contribution is -2.45. The Labute approximate surface area is 443 Å². The van der Waals surface area contributed by atoms with Crippen LogP contribution in [0.1, 0.15) is 354 Å². The Morgan fingerprint density at radius 1 is 0.380 bits per heavy atom. The molecule has 0 aromatic heterocycles. The lowest BCUT2D eigenvalue weighted by molar-refractivity contribution is -0.143. The molecule has 71 heavy (non-hydrogen) atoms. The molecule has 0 aromatic carbocycles. The van der Waals surface area contributed by atoms with Crippen LogP contribution < -0.4 is 5.32 Å². The zero-order valence-electron chi connectivity index (χ0n) is 48.0. The number of allylic oxidation sites excluding steroid dienone is 3. The maximum absolute atomic E-state index is 12.5. The van der Waals surface area contributed by atoms with Crippen LogP contribution in [0.4, 0.5) is 0 Å². The summed E-state index contributed by atoms with van der Waals surface area (Å²) in [4.78, 5) is 24.5. The molecule has 0 aliphatic rings. The fourth-order valence-electron chi connectivity index (χ4n) is 10.0. The minimum absolute atomic E-state index is 0.000512. The first kappa shape index (κ1) is 69.3. The van der Waals surface area contributed by atoms with Gasteiger partial charge in [0, 0.05) is 12.8 Å². The van der Waals surface area contributed by atoms with Crippen LogP contribution in [0.3, 0.4) is 0 Å². The molecule has 0 bridgehead atoms. The van der Waals surface area contributed by atoms with E-state index in [2.05, 4.69) is 31.3 Å². The molecule has 6 nitrogen and oxygen atoms in total. The van der Waals surface area contributed by atoms with Crippen molar-refractivity contribution in [1.29, 1.82) is 0 Å². The largest absolute Gasteiger partial charge is 0.466 e. The Morgan fingerprint density at radius 3 is 1.00 bits per heavy atom. The van der Waals surface area contributed by atoms with Crippen molar-refractivity contribution >= 4 is 11.9 Å². The topological polar surface area (TPSA) is 95.9 Å². The smallest absolute Gasteiger partial charge is 0.305 e. The molecule has 1 amide bonds. The van der Waals surface area contributed by atoms with E-state index < -0.39 is 12.1 Å². The molecule has 2 atom stereocenters. The average molecular weight is 1000 g/mol. The standard InChI is InChI=1S/C65H125NO5/c1-3-5-7-9-11-13-15-17-18-19-20-21-22-23-24-25-27-30-34-37-41-45-49-53-57-63(68)62(61-67)66-64(69)58-54-50-46-42-38-35-31-28-26-29-32-36-40-44-48-52-56-60-71-65(70)59-55-51-47-43-39-33-16-14-12-10-8-6-4-2/h26,29,53,57,62-63,67-68H,3-25,27-28,30-52,54-56,58-61H2,1-2H3,(H,66,69)/b29-26-,57-53+. The molecule has 0 saturated carbocycles. The van der Waals surface area contributed by atoms with Gasteiger partial charge in [-0.05, 0) is 57.8 Å². The predicted molar refractivity (Wildman–Crippen MR) is 310 cm³/mol. The highest BCUT2D eigenvalue weighted by atomic mass is 16.5. The van der Waals surface area contributed by atoms with Gasteiger partial charge in [0.15, 0.2) is 0 Å². The minimum Gasteiger partial charge on any atom is -0.466 e. The van der Waals surface area contributed by atoms with Gasteiger partial charge < -0.3 is 20.3 Å². The SMILES string of the molecule is CCCCCCCCCCCCCCCCCCCCCCCC/C=C/C(O)C(CO)NC(=O)CCCCCCCCC/C=C\CCCCCCCCOC(=O)CCCCCCCCCCCCCCC. The van der Waals surface area contributed by atoms with Crippen LogP contribution in [0.15, 0.2) is 24.3 Å². The minimum atomic E-state index is -0.853. The molecule has 2 unspecified atom stereocenters. The normalized spacial score (nSPS) is 12.7. The summed E-state index contributed by atoms with van der Waals surface area (Å²) >= 11 is 0. The highest BCUT2D eigenvalue weighted by Gasteiger charge is 2.18. The lowest BCUT2D eigenvalue weighted by atomic mass is 10.0. The number of ether oxygens (including phenoxy) is 1. The van der Waals surface area contributed by atoms with Gasteiger partial charge in [-0.2, -0.15) is 0 Å². The van der Waals surface area contributed by atoms with Gasteiger partial charge in [0.05, 0.1) is 25.4 Å². The van der Waals surface area contributed by atoms with Crippen molar-refractivity contribution in [3.05, 3.63) is 24.3 Å². The number of hydrogen-bond donors (Lipinski definition) is 3. The summed E-state index contributed by atoms with van der Waals surface area (Å²) in [6, 6.07) is -0.638. The third-order valence-electron chi connectivity index (χ3n) is 15.0. The summed E-state index contributed by atoms with van der Waals surface area (Å²) in [5.41, 5.74) is 0. The summed E-state index contributed by atoms with van der Waals surface area (Å²) < 4.78 is 5.47. The van der Waals surface area contributed by atoms with E-state index in [1.165, 1.54) is 270 Å². The van der Waals surface area contributed by atoms with E-state index in [4.69, 9.17) is 4.74 Å². The number of aliphatic hydroxyl groups excluding tert-OH is 2. The van der Waals surface area contributed by atoms with Crippen LogP contribution in [0.2, 0.25) is 0 Å². The second-order valence-electron chi connectivity index (χ2n) is 22.1. The van der Waals surface area contributed by atoms with Gasteiger partial charge in [0.2, 0.25) is 5.91 Å². The predicted octanol–water partition coefficient (Wildman–Crippen LogP) is 20.2.